The highest BCUT2D eigenvalue weighted by molar-refractivity contribution is 7.64. The predicted molar refractivity (Wildman–Crippen MR) is 68.7 cm³/mol. The first-order chi connectivity index (χ1) is 7.60. The normalized spacial score (nSPS) is 10.0. The standard InChI is InChI=1S/C12H15FNOP/c1-5-6-14-10-7-9(13)12(16(3)4)8-11(10)15-2/h1,7-8,14H,6H2,2-4H3. The summed E-state index contributed by atoms with van der Waals surface area (Å²) in [7, 11) is 1.07. The molecule has 1 rings (SSSR count). The molecule has 0 aromatic heterocycles. The number of terminal acetylenes is 1. The SMILES string of the molecule is C#CCNc1cc(F)c(P(C)C)cc1OC. The summed E-state index contributed by atoms with van der Waals surface area (Å²) in [6.45, 7) is 4.35. The van der Waals surface area contributed by atoms with Gasteiger partial charge in [0.05, 0.1) is 19.3 Å². The van der Waals surface area contributed by atoms with Crippen LogP contribution in [0.3, 0.4) is 0 Å². The lowest BCUT2D eigenvalue weighted by Gasteiger charge is -2.14. The van der Waals surface area contributed by atoms with Crippen molar-refractivity contribution in [3.63, 3.8) is 0 Å². The molecule has 2 nitrogen and oxygen atoms in total. The van der Waals surface area contributed by atoms with Gasteiger partial charge in [0.15, 0.2) is 0 Å². The van der Waals surface area contributed by atoms with Crippen LogP contribution in [-0.2, 0) is 0 Å². The van der Waals surface area contributed by atoms with Crippen LogP contribution in [0.1, 0.15) is 0 Å². The number of nitrogens with one attached hydrogen (secondary N) is 1. The Bertz CT molecular complexity index is 412. The van der Waals surface area contributed by atoms with E-state index in [4.69, 9.17) is 11.2 Å². The Labute approximate surface area is 96.9 Å². The van der Waals surface area contributed by atoms with Crippen molar-refractivity contribution in [2.45, 2.75) is 0 Å². The van der Waals surface area contributed by atoms with Crippen LogP contribution in [0.25, 0.3) is 0 Å². The molecule has 0 saturated carbocycles. The van der Waals surface area contributed by atoms with Gasteiger partial charge in [-0.05, 0) is 19.4 Å². The molecule has 0 radical (unpaired) electrons. The van der Waals surface area contributed by atoms with Gasteiger partial charge in [-0.2, -0.15) is 0 Å². The number of anilines is 1. The largest absolute Gasteiger partial charge is 0.495 e. The number of benzene rings is 1. The van der Waals surface area contributed by atoms with E-state index in [-0.39, 0.29) is 5.82 Å². The minimum atomic E-state index is -0.487. The molecule has 0 aliphatic carbocycles. The lowest BCUT2D eigenvalue weighted by atomic mass is 10.2. The summed E-state index contributed by atoms with van der Waals surface area (Å²) in [4.78, 5) is 0. The summed E-state index contributed by atoms with van der Waals surface area (Å²) in [5.74, 6) is 2.86. The highest BCUT2D eigenvalue weighted by Crippen LogP contribution is 2.32. The number of halogens is 1. The summed E-state index contributed by atoms with van der Waals surface area (Å²) in [6.07, 6.45) is 5.14. The van der Waals surface area contributed by atoms with Gasteiger partial charge in [0.2, 0.25) is 0 Å². The molecule has 86 valence electrons. The van der Waals surface area contributed by atoms with E-state index >= 15 is 0 Å². The van der Waals surface area contributed by atoms with Gasteiger partial charge in [0.25, 0.3) is 0 Å². The maximum absolute atomic E-state index is 13.7. The van der Waals surface area contributed by atoms with Gasteiger partial charge >= 0.3 is 0 Å². The van der Waals surface area contributed by atoms with E-state index in [2.05, 4.69) is 11.2 Å². The molecule has 1 aromatic carbocycles. The molecule has 0 atom stereocenters. The van der Waals surface area contributed by atoms with E-state index in [9.17, 15) is 4.39 Å². The summed E-state index contributed by atoms with van der Waals surface area (Å²) >= 11 is 0. The van der Waals surface area contributed by atoms with E-state index in [0.717, 1.165) is 0 Å². The van der Waals surface area contributed by atoms with Gasteiger partial charge in [0, 0.05) is 11.4 Å². The maximum Gasteiger partial charge on any atom is 0.142 e. The van der Waals surface area contributed by atoms with E-state index in [0.29, 0.717) is 23.3 Å². The number of hydrogen-bond donors (Lipinski definition) is 1. The monoisotopic (exact) mass is 239 g/mol. The maximum atomic E-state index is 13.7. The molecule has 0 spiro atoms. The minimum Gasteiger partial charge on any atom is -0.495 e. The smallest absolute Gasteiger partial charge is 0.142 e. The third-order valence-corrected chi connectivity index (χ3v) is 3.44. The Kier molecular flexibility index (Phi) is 4.58. The number of hydrogen-bond acceptors (Lipinski definition) is 2. The van der Waals surface area contributed by atoms with E-state index < -0.39 is 7.92 Å². The van der Waals surface area contributed by atoms with Gasteiger partial charge in [-0.25, -0.2) is 4.39 Å². The Morgan fingerprint density at radius 3 is 2.69 bits per heavy atom. The minimum absolute atomic E-state index is 0.212. The van der Waals surface area contributed by atoms with Crippen molar-refractivity contribution < 1.29 is 9.13 Å². The lowest BCUT2D eigenvalue weighted by Crippen LogP contribution is -2.10. The fourth-order valence-corrected chi connectivity index (χ4v) is 2.21. The van der Waals surface area contributed by atoms with Gasteiger partial charge in [-0.15, -0.1) is 6.42 Å². The van der Waals surface area contributed by atoms with Crippen molar-refractivity contribution in [2.24, 2.45) is 0 Å². The van der Waals surface area contributed by atoms with Crippen molar-refractivity contribution in [3.05, 3.63) is 17.9 Å². The molecule has 1 aromatic rings. The van der Waals surface area contributed by atoms with Crippen LogP contribution in [-0.4, -0.2) is 27.0 Å². The zero-order valence-electron chi connectivity index (χ0n) is 9.67. The Hall–Kier alpha value is -1.26. The second-order valence-electron chi connectivity index (χ2n) is 3.46. The molecule has 0 aliphatic heterocycles. The Morgan fingerprint density at radius 2 is 2.19 bits per heavy atom. The first-order valence-corrected chi connectivity index (χ1v) is 7.06. The zero-order valence-corrected chi connectivity index (χ0v) is 10.6. The van der Waals surface area contributed by atoms with Crippen LogP contribution >= 0.6 is 7.92 Å². The topological polar surface area (TPSA) is 21.3 Å². The molecule has 0 unspecified atom stereocenters. The fraction of sp³-hybridized carbons (Fsp3) is 0.333. The number of methoxy groups -OCH3 is 1. The summed E-state index contributed by atoms with van der Waals surface area (Å²) in [5, 5.41) is 3.63. The Morgan fingerprint density at radius 1 is 1.50 bits per heavy atom. The van der Waals surface area contributed by atoms with Crippen molar-refractivity contribution in [3.8, 4) is 18.1 Å². The summed E-state index contributed by atoms with van der Waals surface area (Å²) in [5.41, 5.74) is 0.596. The van der Waals surface area contributed by atoms with Crippen LogP contribution in [0, 0.1) is 18.2 Å². The van der Waals surface area contributed by atoms with Gasteiger partial charge < -0.3 is 10.1 Å². The number of rotatable bonds is 4. The second kappa shape index (κ2) is 5.72. The molecule has 0 saturated heterocycles. The number of ether oxygens (including phenoxy) is 1. The molecule has 0 heterocycles. The van der Waals surface area contributed by atoms with Crippen molar-refractivity contribution in [1.82, 2.24) is 0 Å². The quantitative estimate of drug-likeness (QED) is 0.642. The van der Waals surface area contributed by atoms with E-state index in [1.54, 1.807) is 13.2 Å². The van der Waals surface area contributed by atoms with Crippen LogP contribution in [0.15, 0.2) is 12.1 Å². The highest BCUT2D eigenvalue weighted by Gasteiger charge is 2.12. The molecular weight excluding hydrogens is 224 g/mol. The van der Waals surface area contributed by atoms with Gasteiger partial charge in [-0.3, -0.25) is 0 Å². The fourth-order valence-electron chi connectivity index (χ4n) is 1.34. The summed E-state index contributed by atoms with van der Waals surface area (Å²) in [6, 6.07) is 3.17. The highest BCUT2D eigenvalue weighted by atomic mass is 31.1. The first-order valence-electron chi connectivity index (χ1n) is 4.82. The molecular formula is C12H15FNOP. The van der Waals surface area contributed by atoms with Gasteiger partial charge in [-0.1, -0.05) is 13.8 Å². The van der Waals surface area contributed by atoms with Crippen LogP contribution in [0.4, 0.5) is 10.1 Å². The average Bonchev–Trinajstić information content (AvgIpc) is 2.25. The second-order valence-corrected chi connectivity index (χ2v) is 5.73. The molecule has 0 fully saturated rings. The van der Waals surface area contributed by atoms with Crippen molar-refractivity contribution in [1.29, 1.82) is 0 Å². The zero-order chi connectivity index (χ0) is 12.1. The Balaban J connectivity index is 3.11. The predicted octanol–water partition coefficient (Wildman–Crippen LogP) is 2.25. The molecule has 1 N–H and O–H groups in total. The average molecular weight is 239 g/mol. The molecule has 0 amide bonds. The van der Waals surface area contributed by atoms with E-state index in [1.807, 2.05) is 13.3 Å². The third-order valence-electron chi connectivity index (χ3n) is 2.13. The van der Waals surface area contributed by atoms with Crippen LogP contribution in [0.5, 0.6) is 5.75 Å². The first kappa shape index (κ1) is 12.8. The molecule has 16 heavy (non-hydrogen) atoms. The van der Waals surface area contributed by atoms with Crippen LogP contribution in [0.2, 0.25) is 0 Å². The summed E-state index contributed by atoms with van der Waals surface area (Å²) < 4.78 is 18.9. The van der Waals surface area contributed by atoms with Crippen LogP contribution < -0.4 is 15.4 Å². The molecule has 0 bridgehead atoms. The van der Waals surface area contributed by atoms with E-state index in [1.165, 1.54) is 6.07 Å². The van der Waals surface area contributed by atoms with Crippen molar-refractivity contribution in [2.75, 3.05) is 32.3 Å². The van der Waals surface area contributed by atoms with Crippen molar-refractivity contribution >= 4 is 18.9 Å². The molecule has 4 heteroatoms. The molecule has 0 aliphatic rings. The van der Waals surface area contributed by atoms with Gasteiger partial charge in [0.1, 0.15) is 11.6 Å². The third kappa shape index (κ3) is 2.87. The lowest BCUT2D eigenvalue weighted by molar-refractivity contribution is 0.416.